The maximum Gasteiger partial charge on any atom is 0.251 e. The molecule has 0 aliphatic carbocycles. The van der Waals surface area contributed by atoms with Gasteiger partial charge in [-0.25, -0.2) is 0 Å². The van der Waals surface area contributed by atoms with E-state index in [9.17, 15) is 9.59 Å². The Morgan fingerprint density at radius 2 is 1.91 bits per heavy atom. The molecule has 0 saturated heterocycles. The van der Waals surface area contributed by atoms with E-state index >= 15 is 0 Å². The van der Waals surface area contributed by atoms with Crippen LogP contribution in [0.3, 0.4) is 0 Å². The van der Waals surface area contributed by atoms with E-state index in [-0.39, 0.29) is 11.8 Å². The van der Waals surface area contributed by atoms with Crippen molar-refractivity contribution in [2.24, 2.45) is 0 Å². The lowest BCUT2D eigenvalue weighted by molar-refractivity contribution is -0.133. The number of hydrogen-bond acceptors (Lipinski definition) is 3. The van der Waals surface area contributed by atoms with E-state index in [1.165, 1.54) is 0 Å². The highest BCUT2D eigenvalue weighted by atomic mass is 32.1. The molecule has 0 spiro atoms. The van der Waals surface area contributed by atoms with Gasteiger partial charge in [-0.05, 0) is 37.4 Å². The molecule has 0 aliphatic heterocycles. The summed E-state index contributed by atoms with van der Waals surface area (Å²) in [5.41, 5.74) is 0.559. The molecule has 0 fully saturated rings. The molecule has 2 amide bonds. The maximum atomic E-state index is 12.5. The molecule has 116 valence electrons. The van der Waals surface area contributed by atoms with Crippen LogP contribution in [0.2, 0.25) is 0 Å². The topological polar surface area (TPSA) is 49.4 Å². The zero-order chi connectivity index (χ0) is 15.9. The number of carbonyl (C=O) groups excluding carboxylic acids is 2. The van der Waals surface area contributed by atoms with Crippen LogP contribution < -0.4 is 5.32 Å². The zero-order valence-electron chi connectivity index (χ0n) is 12.8. The average Bonchev–Trinajstić information content (AvgIpc) is 3.05. The van der Waals surface area contributed by atoms with E-state index in [0.29, 0.717) is 18.7 Å². The first-order valence-electron chi connectivity index (χ1n) is 7.29. The zero-order valence-corrected chi connectivity index (χ0v) is 13.6. The normalized spacial score (nSPS) is 11.7. The first-order chi connectivity index (χ1) is 10.6. The van der Waals surface area contributed by atoms with Gasteiger partial charge in [0.25, 0.3) is 5.91 Å². The highest BCUT2D eigenvalue weighted by Crippen LogP contribution is 2.12. The number of likely N-dealkylation sites (N-methyl/N-ethyl adjacent to an activating group) is 1. The Morgan fingerprint density at radius 3 is 2.50 bits per heavy atom. The third-order valence-electron chi connectivity index (χ3n) is 3.37. The minimum absolute atomic E-state index is 0.0693. The molecule has 1 heterocycles. The smallest absolute Gasteiger partial charge is 0.251 e. The Kier molecular flexibility index (Phi) is 5.72. The number of amides is 2. The number of carbonyl (C=O) groups is 2. The van der Waals surface area contributed by atoms with Crippen molar-refractivity contribution in [2.45, 2.75) is 26.4 Å². The van der Waals surface area contributed by atoms with Gasteiger partial charge in [-0.15, -0.1) is 11.3 Å². The molecule has 1 aromatic heterocycles. The van der Waals surface area contributed by atoms with Gasteiger partial charge in [0.15, 0.2) is 0 Å². The van der Waals surface area contributed by atoms with Crippen LogP contribution in [0, 0.1) is 0 Å². The van der Waals surface area contributed by atoms with Crippen molar-refractivity contribution in [3.63, 3.8) is 0 Å². The van der Waals surface area contributed by atoms with E-state index < -0.39 is 6.04 Å². The highest BCUT2D eigenvalue weighted by molar-refractivity contribution is 7.09. The molecule has 2 rings (SSSR count). The minimum Gasteiger partial charge on any atom is -0.341 e. The number of rotatable bonds is 6. The van der Waals surface area contributed by atoms with Gasteiger partial charge < -0.3 is 10.2 Å². The molecule has 5 heteroatoms. The fraction of sp³-hybridized carbons (Fsp3) is 0.294. The molecule has 4 nitrogen and oxygen atoms in total. The Balaban J connectivity index is 1.96. The van der Waals surface area contributed by atoms with Crippen molar-refractivity contribution < 1.29 is 9.59 Å². The van der Waals surface area contributed by atoms with Crippen LogP contribution in [0.5, 0.6) is 0 Å². The standard InChI is InChI=1S/C17H20N2O2S/c1-3-19(12-15-10-7-11-22-15)17(21)13(2)18-16(20)14-8-5-4-6-9-14/h4-11,13H,3,12H2,1-2H3,(H,18,20). The van der Waals surface area contributed by atoms with Gasteiger partial charge in [-0.3, -0.25) is 9.59 Å². The Morgan fingerprint density at radius 1 is 1.18 bits per heavy atom. The molecule has 0 aliphatic rings. The Labute approximate surface area is 134 Å². The van der Waals surface area contributed by atoms with Crippen LogP contribution in [0.4, 0.5) is 0 Å². The van der Waals surface area contributed by atoms with E-state index in [2.05, 4.69) is 5.32 Å². The summed E-state index contributed by atoms with van der Waals surface area (Å²) in [5.74, 6) is -0.297. The van der Waals surface area contributed by atoms with E-state index in [0.717, 1.165) is 4.88 Å². The lowest BCUT2D eigenvalue weighted by atomic mass is 10.2. The molecule has 1 atom stereocenters. The summed E-state index contributed by atoms with van der Waals surface area (Å²) in [6.45, 7) is 4.86. The summed E-state index contributed by atoms with van der Waals surface area (Å²) in [4.78, 5) is 27.5. The molecule has 0 radical (unpaired) electrons. The van der Waals surface area contributed by atoms with Crippen LogP contribution >= 0.6 is 11.3 Å². The van der Waals surface area contributed by atoms with Gasteiger partial charge in [0.1, 0.15) is 6.04 Å². The largest absolute Gasteiger partial charge is 0.341 e. The molecule has 22 heavy (non-hydrogen) atoms. The summed E-state index contributed by atoms with van der Waals surface area (Å²) in [6, 6.07) is 12.4. The second-order valence-electron chi connectivity index (χ2n) is 4.99. The van der Waals surface area contributed by atoms with Crippen molar-refractivity contribution in [1.82, 2.24) is 10.2 Å². The summed E-state index contributed by atoms with van der Waals surface area (Å²) in [6.07, 6.45) is 0. The molecule has 0 saturated carbocycles. The molecule has 1 unspecified atom stereocenters. The number of benzene rings is 1. The number of thiophene rings is 1. The predicted molar refractivity (Wildman–Crippen MR) is 88.8 cm³/mol. The highest BCUT2D eigenvalue weighted by Gasteiger charge is 2.21. The minimum atomic E-state index is -0.549. The molecular formula is C17H20N2O2S. The quantitative estimate of drug-likeness (QED) is 0.891. The first kappa shape index (κ1) is 16.2. The van der Waals surface area contributed by atoms with Gasteiger partial charge in [-0.1, -0.05) is 24.3 Å². The van der Waals surface area contributed by atoms with Crippen LogP contribution in [0.15, 0.2) is 47.8 Å². The van der Waals surface area contributed by atoms with Crippen LogP contribution in [0.1, 0.15) is 29.1 Å². The third-order valence-corrected chi connectivity index (χ3v) is 4.24. The molecule has 2 aromatic rings. The fourth-order valence-electron chi connectivity index (χ4n) is 2.14. The van der Waals surface area contributed by atoms with Crippen molar-refractivity contribution in [1.29, 1.82) is 0 Å². The lowest BCUT2D eigenvalue weighted by Gasteiger charge is -2.24. The van der Waals surface area contributed by atoms with Crippen molar-refractivity contribution in [3.8, 4) is 0 Å². The second kappa shape index (κ2) is 7.75. The van der Waals surface area contributed by atoms with Crippen LogP contribution in [-0.4, -0.2) is 29.3 Å². The van der Waals surface area contributed by atoms with Gasteiger partial charge in [-0.2, -0.15) is 0 Å². The monoisotopic (exact) mass is 316 g/mol. The average molecular weight is 316 g/mol. The first-order valence-corrected chi connectivity index (χ1v) is 8.17. The van der Waals surface area contributed by atoms with Crippen molar-refractivity contribution in [2.75, 3.05) is 6.54 Å². The van der Waals surface area contributed by atoms with Crippen LogP contribution in [0.25, 0.3) is 0 Å². The van der Waals surface area contributed by atoms with E-state index in [1.807, 2.05) is 30.5 Å². The molecular weight excluding hydrogens is 296 g/mol. The fourth-order valence-corrected chi connectivity index (χ4v) is 2.86. The second-order valence-corrected chi connectivity index (χ2v) is 6.03. The number of nitrogens with one attached hydrogen (secondary N) is 1. The van der Waals surface area contributed by atoms with Gasteiger partial charge in [0.05, 0.1) is 6.54 Å². The Hall–Kier alpha value is -2.14. The number of hydrogen-bond donors (Lipinski definition) is 1. The third kappa shape index (κ3) is 4.18. The van der Waals surface area contributed by atoms with Crippen LogP contribution in [-0.2, 0) is 11.3 Å². The molecule has 1 N–H and O–H groups in total. The van der Waals surface area contributed by atoms with Crippen molar-refractivity contribution in [3.05, 3.63) is 58.3 Å². The predicted octanol–water partition coefficient (Wildman–Crippen LogP) is 2.92. The van der Waals surface area contributed by atoms with Gasteiger partial charge >= 0.3 is 0 Å². The molecule has 1 aromatic carbocycles. The van der Waals surface area contributed by atoms with Gasteiger partial charge in [0, 0.05) is 17.0 Å². The van der Waals surface area contributed by atoms with E-state index in [1.54, 1.807) is 47.4 Å². The summed E-state index contributed by atoms with van der Waals surface area (Å²) in [5, 5.41) is 4.76. The lowest BCUT2D eigenvalue weighted by Crippen LogP contribution is -2.46. The summed E-state index contributed by atoms with van der Waals surface area (Å²) >= 11 is 1.63. The molecule has 0 bridgehead atoms. The SMILES string of the molecule is CCN(Cc1cccs1)C(=O)C(C)NC(=O)c1ccccc1. The summed E-state index contributed by atoms with van der Waals surface area (Å²) < 4.78 is 0. The van der Waals surface area contributed by atoms with Crippen molar-refractivity contribution >= 4 is 23.2 Å². The maximum absolute atomic E-state index is 12.5. The Bertz CT molecular complexity index is 611. The number of nitrogens with zero attached hydrogens (tertiary/aromatic N) is 1. The van der Waals surface area contributed by atoms with E-state index in [4.69, 9.17) is 0 Å². The van der Waals surface area contributed by atoms with Gasteiger partial charge in [0.2, 0.25) is 5.91 Å². The summed E-state index contributed by atoms with van der Waals surface area (Å²) in [7, 11) is 0.